The van der Waals surface area contributed by atoms with E-state index in [0.717, 1.165) is 31.7 Å². The van der Waals surface area contributed by atoms with Gasteiger partial charge in [-0.05, 0) is 37.8 Å². The Hall–Kier alpha value is -2.51. The summed E-state index contributed by atoms with van der Waals surface area (Å²) in [7, 11) is 0. The fourth-order valence-corrected chi connectivity index (χ4v) is 3.43. The SMILES string of the molecule is Cc1nc([C@H]2CCCN2C(=O)c2ccc(N3CCCC3)nn2)no1. The lowest BCUT2D eigenvalue weighted by Gasteiger charge is -2.22. The zero-order chi connectivity index (χ0) is 16.5. The zero-order valence-electron chi connectivity index (χ0n) is 13.7. The predicted molar refractivity (Wildman–Crippen MR) is 85.5 cm³/mol. The Bertz CT molecular complexity index is 722. The number of hydrogen-bond acceptors (Lipinski definition) is 7. The molecule has 0 aliphatic carbocycles. The number of hydrogen-bond donors (Lipinski definition) is 0. The molecule has 0 saturated carbocycles. The molecule has 0 radical (unpaired) electrons. The molecule has 2 aliphatic heterocycles. The number of rotatable bonds is 3. The van der Waals surface area contributed by atoms with E-state index in [4.69, 9.17) is 4.52 Å². The molecule has 2 aliphatic rings. The third-order valence-electron chi connectivity index (χ3n) is 4.65. The van der Waals surface area contributed by atoms with E-state index in [0.29, 0.717) is 24.0 Å². The smallest absolute Gasteiger partial charge is 0.274 e. The highest BCUT2D eigenvalue weighted by molar-refractivity contribution is 5.92. The zero-order valence-corrected chi connectivity index (χ0v) is 13.7. The molecule has 2 aromatic heterocycles. The van der Waals surface area contributed by atoms with Crippen LogP contribution in [0.3, 0.4) is 0 Å². The number of amides is 1. The summed E-state index contributed by atoms with van der Waals surface area (Å²) in [6.07, 6.45) is 4.12. The van der Waals surface area contributed by atoms with E-state index >= 15 is 0 Å². The average Bonchev–Trinajstić information content (AvgIpc) is 3.35. The number of carbonyl (C=O) groups excluding carboxylic acids is 1. The van der Waals surface area contributed by atoms with Crippen molar-refractivity contribution in [3.05, 3.63) is 29.5 Å². The van der Waals surface area contributed by atoms with Crippen LogP contribution < -0.4 is 4.90 Å². The van der Waals surface area contributed by atoms with E-state index in [1.165, 1.54) is 12.8 Å². The maximum absolute atomic E-state index is 12.8. The second-order valence-electron chi connectivity index (χ2n) is 6.30. The average molecular weight is 328 g/mol. The highest BCUT2D eigenvalue weighted by atomic mass is 16.5. The summed E-state index contributed by atoms with van der Waals surface area (Å²) in [4.78, 5) is 21.0. The van der Waals surface area contributed by atoms with Crippen molar-refractivity contribution < 1.29 is 9.32 Å². The molecule has 4 rings (SSSR count). The van der Waals surface area contributed by atoms with Crippen molar-refractivity contribution >= 4 is 11.7 Å². The van der Waals surface area contributed by atoms with Gasteiger partial charge in [0.25, 0.3) is 5.91 Å². The maximum atomic E-state index is 12.8. The highest BCUT2D eigenvalue weighted by Gasteiger charge is 2.34. The highest BCUT2D eigenvalue weighted by Crippen LogP contribution is 2.31. The van der Waals surface area contributed by atoms with Gasteiger partial charge < -0.3 is 14.3 Å². The van der Waals surface area contributed by atoms with E-state index in [-0.39, 0.29) is 11.9 Å². The summed E-state index contributed by atoms with van der Waals surface area (Å²) in [5.74, 6) is 1.80. The summed E-state index contributed by atoms with van der Waals surface area (Å²) < 4.78 is 5.05. The standard InChI is InChI=1S/C16H20N6O2/c1-11-17-15(20-24-11)13-5-4-10-22(13)16(23)12-6-7-14(19-18-12)21-8-2-3-9-21/h6-7,13H,2-5,8-10H2,1H3/t13-/m1/s1. The summed E-state index contributed by atoms with van der Waals surface area (Å²) in [6.45, 7) is 4.44. The van der Waals surface area contributed by atoms with Crippen LogP contribution in [-0.2, 0) is 0 Å². The Morgan fingerprint density at radius 2 is 2.00 bits per heavy atom. The molecule has 0 N–H and O–H groups in total. The molecule has 2 saturated heterocycles. The van der Waals surface area contributed by atoms with Gasteiger partial charge in [-0.2, -0.15) is 4.98 Å². The number of carbonyl (C=O) groups is 1. The molecule has 0 unspecified atom stereocenters. The minimum absolute atomic E-state index is 0.125. The van der Waals surface area contributed by atoms with Crippen molar-refractivity contribution in [2.75, 3.05) is 24.5 Å². The Balaban J connectivity index is 1.52. The summed E-state index contributed by atoms with van der Waals surface area (Å²) in [5, 5.41) is 12.4. The van der Waals surface area contributed by atoms with Gasteiger partial charge >= 0.3 is 0 Å². The quantitative estimate of drug-likeness (QED) is 0.848. The summed E-state index contributed by atoms with van der Waals surface area (Å²) in [5.41, 5.74) is 0.366. The Morgan fingerprint density at radius 1 is 1.17 bits per heavy atom. The molecule has 0 aromatic carbocycles. The van der Waals surface area contributed by atoms with Gasteiger partial charge in [0.15, 0.2) is 17.3 Å². The monoisotopic (exact) mass is 328 g/mol. The van der Waals surface area contributed by atoms with Crippen LogP contribution in [-0.4, -0.2) is 50.8 Å². The van der Waals surface area contributed by atoms with Crippen molar-refractivity contribution in [2.45, 2.75) is 38.6 Å². The predicted octanol–water partition coefficient (Wildman–Crippen LogP) is 1.75. The number of aryl methyl sites for hydroxylation is 1. The second-order valence-corrected chi connectivity index (χ2v) is 6.30. The second kappa shape index (κ2) is 6.18. The molecule has 126 valence electrons. The fraction of sp³-hybridized carbons (Fsp3) is 0.562. The Labute approximate surface area is 139 Å². The lowest BCUT2D eigenvalue weighted by Crippen LogP contribution is -2.32. The van der Waals surface area contributed by atoms with E-state index < -0.39 is 0 Å². The molecule has 2 fully saturated rings. The van der Waals surface area contributed by atoms with Gasteiger partial charge in [-0.25, -0.2) is 0 Å². The molecular weight excluding hydrogens is 308 g/mol. The van der Waals surface area contributed by atoms with E-state index in [1.54, 1.807) is 17.9 Å². The first-order valence-corrected chi connectivity index (χ1v) is 8.42. The molecule has 8 heteroatoms. The topological polar surface area (TPSA) is 88.3 Å². The molecule has 24 heavy (non-hydrogen) atoms. The van der Waals surface area contributed by atoms with Gasteiger partial charge in [0, 0.05) is 26.6 Å². The van der Waals surface area contributed by atoms with Crippen molar-refractivity contribution in [1.29, 1.82) is 0 Å². The fourth-order valence-electron chi connectivity index (χ4n) is 3.43. The number of aromatic nitrogens is 4. The van der Waals surface area contributed by atoms with Crippen LogP contribution in [0.2, 0.25) is 0 Å². The van der Waals surface area contributed by atoms with E-state index in [1.807, 2.05) is 6.07 Å². The largest absolute Gasteiger partial charge is 0.355 e. The van der Waals surface area contributed by atoms with Gasteiger partial charge in [0.1, 0.15) is 0 Å². The third-order valence-corrected chi connectivity index (χ3v) is 4.65. The first-order valence-electron chi connectivity index (χ1n) is 8.42. The molecule has 0 bridgehead atoms. The van der Waals surface area contributed by atoms with Crippen molar-refractivity contribution in [1.82, 2.24) is 25.2 Å². The van der Waals surface area contributed by atoms with Crippen molar-refractivity contribution in [2.24, 2.45) is 0 Å². The van der Waals surface area contributed by atoms with Crippen LogP contribution in [0.15, 0.2) is 16.7 Å². The van der Waals surface area contributed by atoms with Gasteiger partial charge in [-0.1, -0.05) is 5.16 Å². The molecule has 4 heterocycles. The molecular formula is C16H20N6O2. The summed E-state index contributed by atoms with van der Waals surface area (Å²) >= 11 is 0. The van der Waals surface area contributed by atoms with Crippen molar-refractivity contribution in [3.8, 4) is 0 Å². The molecule has 1 amide bonds. The maximum Gasteiger partial charge on any atom is 0.274 e. The lowest BCUT2D eigenvalue weighted by molar-refractivity contribution is 0.0721. The van der Waals surface area contributed by atoms with Gasteiger partial charge in [0.2, 0.25) is 5.89 Å². The number of nitrogens with zero attached hydrogens (tertiary/aromatic N) is 6. The van der Waals surface area contributed by atoms with Crippen LogP contribution in [0.25, 0.3) is 0 Å². The van der Waals surface area contributed by atoms with Crippen LogP contribution >= 0.6 is 0 Å². The normalized spacial score (nSPS) is 20.8. The minimum atomic E-state index is -0.144. The summed E-state index contributed by atoms with van der Waals surface area (Å²) in [6, 6.07) is 3.50. The van der Waals surface area contributed by atoms with Crippen LogP contribution in [0, 0.1) is 6.92 Å². The van der Waals surface area contributed by atoms with Gasteiger partial charge in [-0.15, -0.1) is 10.2 Å². The van der Waals surface area contributed by atoms with Crippen LogP contribution in [0.1, 0.15) is 53.9 Å². The first-order chi connectivity index (χ1) is 11.7. The van der Waals surface area contributed by atoms with Crippen molar-refractivity contribution in [3.63, 3.8) is 0 Å². The first kappa shape index (κ1) is 15.0. The van der Waals surface area contributed by atoms with E-state index in [2.05, 4.69) is 25.2 Å². The lowest BCUT2D eigenvalue weighted by atomic mass is 10.2. The minimum Gasteiger partial charge on any atom is -0.355 e. The Kier molecular flexibility index (Phi) is 3.87. The molecule has 8 nitrogen and oxygen atoms in total. The van der Waals surface area contributed by atoms with Crippen LogP contribution in [0.5, 0.6) is 0 Å². The number of likely N-dealkylation sites (tertiary alicyclic amines) is 1. The van der Waals surface area contributed by atoms with Crippen LogP contribution in [0.4, 0.5) is 5.82 Å². The Morgan fingerprint density at radius 3 is 2.67 bits per heavy atom. The number of anilines is 1. The van der Waals surface area contributed by atoms with Gasteiger partial charge in [0.05, 0.1) is 6.04 Å². The molecule has 0 spiro atoms. The molecule has 2 aromatic rings. The van der Waals surface area contributed by atoms with E-state index in [9.17, 15) is 4.79 Å². The third kappa shape index (κ3) is 2.72. The molecule has 1 atom stereocenters. The van der Waals surface area contributed by atoms with Gasteiger partial charge in [-0.3, -0.25) is 4.79 Å².